The summed E-state index contributed by atoms with van der Waals surface area (Å²) < 4.78 is 22.9. The van der Waals surface area contributed by atoms with Gasteiger partial charge in [0.1, 0.15) is 12.4 Å². The van der Waals surface area contributed by atoms with E-state index in [2.05, 4.69) is 0 Å². The summed E-state index contributed by atoms with van der Waals surface area (Å²) in [7, 11) is 0. The Morgan fingerprint density at radius 2 is 1.47 bits per heavy atom. The van der Waals surface area contributed by atoms with Gasteiger partial charge in [-0.1, -0.05) is 24.3 Å². The van der Waals surface area contributed by atoms with E-state index >= 15 is 0 Å². The zero-order valence-corrected chi connectivity index (χ0v) is 16.4. The molecule has 156 valence electrons. The smallest absolute Gasteiger partial charge is 0.271 e. The zero-order chi connectivity index (χ0) is 20.5. The van der Waals surface area contributed by atoms with Crippen molar-refractivity contribution in [1.29, 1.82) is 0 Å². The number of hydrogen-bond donors (Lipinski definition) is 0. The number of fused-ring (bicyclic) bond motifs is 2. The van der Waals surface area contributed by atoms with Crippen molar-refractivity contribution < 1.29 is 28.5 Å². The molecule has 3 aliphatic rings. The highest BCUT2D eigenvalue weighted by Gasteiger charge is 2.40. The number of ether oxygens (including phenoxy) is 4. The summed E-state index contributed by atoms with van der Waals surface area (Å²) in [4.78, 5) is 29.7. The fraction of sp³-hybridized carbons (Fsp3) is 0.364. The Morgan fingerprint density at radius 1 is 0.800 bits per heavy atom. The van der Waals surface area contributed by atoms with Crippen LogP contribution in [0.25, 0.3) is 0 Å². The summed E-state index contributed by atoms with van der Waals surface area (Å²) in [5, 5.41) is 0. The molecule has 1 saturated heterocycles. The van der Waals surface area contributed by atoms with E-state index in [1.165, 1.54) is 0 Å². The molecule has 0 N–H and O–H groups in total. The zero-order valence-electron chi connectivity index (χ0n) is 16.4. The first-order valence-electron chi connectivity index (χ1n) is 10.0. The molecule has 2 unspecified atom stereocenters. The van der Waals surface area contributed by atoms with Crippen molar-refractivity contribution in [3.63, 3.8) is 0 Å². The van der Waals surface area contributed by atoms with Gasteiger partial charge in [-0.3, -0.25) is 9.59 Å². The lowest BCUT2D eigenvalue weighted by molar-refractivity contribution is -0.143. The van der Waals surface area contributed by atoms with Gasteiger partial charge >= 0.3 is 0 Å². The molecular formula is C22H22N2O6. The van der Waals surface area contributed by atoms with Gasteiger partial charge in [0.15, 0.2) is 17.6 Å². The molecule has 0 radical (unpaired) electrons. The molecule has 0 bridgehead atoms. The predicted molar refractivity (Wildman–Crippen MR) is 107 cm³/mol. The molecule has 3 aliphatic heterocycles. The van der Waals surface area contributed by atoms with Crippen molar-refractivity contribution in [2.24, 2.45) is 0 Å². The monoisotopic (exact) mass is 410 g/mol. The predicted octanol–water partition coefficient (Wildman–Crippen LogP) is 1.48. The van der Waals surface area contributed by atoms with E-state index in [-0.39, 0.29) is 25.0 Å². The number of carbonyl (C=O) groups is 2. The highest BCUT2D eigenvalue weighted by molar-refractivity contribution is 6.00. The molecule has 2 aromatic rings. The normalized spacial score (nSPS) is 22.7. The van der Waals surface area contributed by atoms with Crippen LogP contribution in [0.4, 0.5) is 5.69 Å². The first-order chi connectivity index (χ1) is 14.7. The van der Waals surface area contributed by atoms with Crippen LogP contribution in [-0.2, 0) is 14.3 Å². The number of nitrogens with zero attached hydrogens (tertiary/aromatic N) is 2. The Morgan fingerprint density at radius 3 is 2.27 bits per heavy atom. The summed E-state index contributed by atoms with van der Waals surface area (Å²) in [6.45, 7) is 2.27. The van der Waals surface area contributed by atoms with E-state index in [4.69, 9.17) is 18.9 Å². The Balaban J connectivity index is 1.39. The molecule has 3 heterocycles. The van der Waals surface area contributed by atoms with Crippen molar-refractivity contribution >= 4 is 17.5 Å². The molecule has 0 saturated carbocycles. The van der Waals surface area contributed by atoms with Crippen LogP contribution in [0.1, 0.15) is 0 Å². The van der Waals surface area contributed by atoms with Gasteiger partial charge in [-0.2, -0.15) is 0 Å². The average Bonchev–Trinajstić information content (AvgIpc) is 2.82. The third-order valence-electron chi connectivity index (χ3n) is 5.42. The summed E-state index contributed by atoms with van der Waals surface area (Å²) in [6.07, 6.45) is -1.58. The third kappa shape index (κ3) is 3.43. The topological polar surface area (TPSA) is 77.5 Å². The lowest BCUT2D eigenvalue weighted by Gasteiger charge is -2.38. The Labute approximate surface area is 173 Å². The first kappa shape index (κ1) is 18.7. The molecular weight excluding hydrogens is 388 g/mol. The van der Waals surface area contributed by atoms with Crippen molar-refractivity contribution in [1.82, 2.24) is 4.90 Å². The minimum Gasteiger partial charge on any atom is -0.485 e. The summed E-state index contributed by atoms with van der Waals surface area (Å²) in [6, 6.07) is 14.5. The molecule has 0 spiro atoms. The number of morpholine rings is 1. The number of rotatable bonds is 2. The largest absolute Gasteiger partial charge is 0.485 e. The first-order valence-corrected chi connectivity index (χ1v) is 10.0. The number of anilines is 1. The van der Waals surface area contributed by atoms with Crippen LogP contribution in [-0.4, -0.2) is 68.4 Å². The maximum atomic E-state index is 13.4. The van der Waals surface area contributed by atoms with Gasteiger partial charge in [-0.05, 0) is 24.3 Å². The van der Waals surface area contributed by atoms with Crippen LogP contribution in [0, 0.1) is 0 Å². The van der Waals surface area contributed by atoms with Gasteiger partial charge in [-0.15, -0.1) is 0 Å². The molecule has 2 aromatic carbocycles. The average molecular weight is 410 g/mol. The molecule has 2 amide bonds. The molecule has 8 nitrogen and oxygen atoms in total. The second-order valence-corrected chi connectivity index (χ2v) is 7.32. The van der Waals surface area contributed by atoms with E-state index in [1.54, 1.807) is 34.1 Å². The van der Waals surface area contributed by atoms with Gasteiger partial charge in [0, 0.05) is 13.1 Å². The molecule has 0 aromatic heterocycles. The van der Waals surface area contributed by atoms with Crippen LogP contribution >= 0.6 is 0 Å². The van der Waals surface area contributed by atoms with Crippen molar-refractivity contribution in [3.8, 4) is 17.2 Å². The van der Waals surface area contributed by atoms with E-state index in [9.17, 15) is 9.59 Å². The maximum Gasteiger partial charge on any atom is 0.271 e. The van der Waals surface area contributed by atoms with Crippen molar-refractivity contribution in [3.05, 3.63) is 48.5 Å². The quantitative estimate of drug-likeness (QED) is 0.747. The van der Waals surface area contributed by atoms with E-state index < -0.39 is 12.2 Å². The molecule has 0 aliphatic carbocycles. The van der Waals surface area contributed by atoms with Crippen molar-refractivity contribution in [2.45, 2.75) is 12.2 Å². The fourth-order valence-electron chi connectivity index (χ4n) is 3.87. The summed E-state index contributed by atoms with van der Waals surface area (Å²) >= 11 is 0. The minimum absolute atomic E-state index is 0.109. The lowest BCUT2D eigenvalue weighted by Crippen LogP contribution is -2.56. The van der Waals surface area contributed by atoms with Gasteiger partial charge in [0.05, 0.1) is 25.4 Å². The highest BCUT2D eigenvalue weighted by Crippen LogP contribution is 2.36. The molecule has 8 heteroatoms. The van der Waals surface area contributed by atoms with E-state index in [1.807, 2.05) is 24.3 Å². The number of benzene rings is 2. The summed E-state index contributed by atoms with van der Waals surface area (Å²) in [5.74, 6) is 1.24. The molecule has 30 heavy (non-hydrogen) atoms. The van der Waals surface area contributed by atoms with Gasteiger partial charge in [-0.25, -0.2) is 0 Å². The van der Waals surface area contributed by atoms with Crippen molar-refractivity contribution in [2.75, 3.05) is 44.4 Å². The second kappa shape index (κ2) is 7.87. The number of para-hydroxylation sites is 4. The molecule has 5 rings (SSSR count). The molecule has 1 fully saturated rings. The van der Waals surface area contributed by atoms with Gasteiger partial charge in [0.2, 0.25) is 6.10 Å². The fourth-order valence-corrected chi connectivity index (χ4v) is 3.87. The number of carbonyl (C=O) groups excluding carboxylic acids is 2. The molecule has 2 atom stereocenters. The maximum absolute atomic E-state index is 13.4. The third-order valence-corrected chi connectivity index (χ3v) is 5.42. The highest BCUT2D eigenvalue weighted by atomic mass is 16.6. The van der Waals surface area contributed by atoms with Crippen LogP contribution in [0.3, 0.4) is 0 Å². The second-order valence-electron chi connectivity index (χ2n) is 7.32. The van der Waals surface area contributed by atoms with Crippen LogP contribution in [0.2, 0.25) is 0 Å². The standard InChI is InChI=1S/C22H22N2O6/c25-21(23-9-11-27-12-10-23)19-13-24(15-5-1-2-6-16(15)29-19)22(26)20-14-28-17-7-3-4-8-18(17)30-20/h1-8,19-20H,9-14H2. The summed E-state index contributed by atoms with van der Waals surface area (Å²) in [5.41, 5.74) is 0.621. The van der Waals surface area contributed by atoms with Crippen LogP contribution in [0.5, 0.6) is 17.2 Å². The lowest BCUT2D eigenvalue weighted by atomic mass is 10.1. The Bertz CT molecular complexity index is 958. The number of hydrogen-bond acceptors (Lipinski definition) is 6. The van der Waals surface area contributed by atoms with Gasteiger partial charge in [0.25, 0.3) is 11.8 Å². The minimum atomic E-state index is -0.801. The van der Waals surface area contributed by atoms with Crippen LogP contribution < -0.4 is 19.1 Å². The van der Waals surface area contributed by atoms with E-state index in [0.717, 1.165) is 0 Å². The number of amides is 2. The van der Waals surface area contributed by atoms with E-state index in [0.29, 0.717) is 49.2 Å². The van der Waals surface area contributed by atoms with Crippen LogP contribution in [0.15, 0.2) is 48.5 Å². The SMILES string of the molecule is O=C(C1CN(C(=O)C2COc3ccccc3O2)c2ccccc2O1)N1CCOCC1. The Hall–Kier alpha value is -3.26. The van der Waals surface area contributed by atoms with Gasteiger partial charge < -0.3 is 28.7 Å². The Kier molecular flexibility index (Phi) is 4.92.